The van der Waals surface area contributed by atoms with Crippen LogP contribution in [-0.2, 0) is 9.53 Å². The minimum Gasteiger partial charge on any atom is -0.493 e. The first-order chi connectivity index (χ1) is 5.42. The summed E-state index contributed by atoms with van der Waals surface area (Å²) in [5.74, 6) is 0.867. The highest BCUT2D eigenvalue weighted by molar-refractivity contribution is 5.78. The summed E-state index contributed by atoms with van der Waals surface area (Å²) in [5, 5.41) is 0. The number of carbonyl (C=O) groups excluding carboxylic acids is 1. The second-order valence-corrected chi connectivity index (χ2v) is 2.86. The Morgan fingerprint density at radius 1 is 1.55 bits per heavy atom. The summed E-state index contributed by atoms with van der Waals surface area (Å²) in [7, 11) is 0. The van der Waals surface area contributed by atoms with E-state index in [0.29, 0.717) is 0 Å². The lowest BCUT2D eigenvalue weighted by atomic mass is 10.1. The summed E-state index contributed by atoms with van der Waals surface area (Å²) in [6.45, 7) is 0.768. The van der Waals surface area contributed by atoms with Gasteiger partial charge in [-0.2, -0.15) is 0 Å². The Morgan fingerprint density at radius 3 is 3.27 bits per heavy atom. The summed E-state index contributed by atoms with van der Waals surface area (Å²) in [5.41, 5.74) is 2.05. The van der Waals surface area contributed by atoms with Gasteiger partial charge < -0.3 is 4.74 Å². The Hall–Kier alpha value is -1.05. The molecule has 11 heavy (non-hydrogen) atoms. The highest BCUT2D eigenvalue weighted by Crippen LogP contribution is 2.32. The zero-order chi connectivity index (χ0) is 7.68. The van der Waals surface area contributed by atoms with E-state index in [2.05, 4.69) is 6.08 Å². The van der Waals surface area contributed by atoms with Gasteiger partial charge in [-0.25, -0.2) is 0 Å². The van der Waals surface area contributed by atoms with Crippen molar-refractivity contribution < 1.29 is 9.53 Å². The average molecular weight is 150 g/mol. The van der Waals surface area contributed by atoms with Gasteiger partial charge in [-0.05, 0) is 24.8 Å². The van der Waals surface area contributed by atoms with Gasteiger partial charge in [0.2, 0.25) is 0 Å². The second kappa shape index (κ2) is 2.53. The van der Waals surface area contributed by atoms with Crippen LogP contribution in [0.5, 0.6) is 0 Å². The van der Waals surface area contributed by atoms with Crippen LogP contribution in [0, 0.1) is 0 Å². The van der Waals surface area contributed by atoms with Gasteiger partial charge in [0, 0.05) is 5.57 Å². The lowest BCUT2D eigenvalue weighted by Gasteiger charge is -2.17. The normalized spacial score (nSPS) is 22.4. The fourth-order valence-corrected chi connectivity index (χ4v) is 1.56. The standard InChI is InChI=1S/C9H10O2/c10-6-8-4-3-7-2-1-5-11-9(7)8/h3,6H,1-2,4-5H2. The van der Waals surface area contributed by atoms with Crippen LogP contribution in [0.3, 0.4) is 0 Å². The van der Waals surface area contributed by atoms with Crippen molar-refractivity contribution in [1.82, 2.24) is 0 Å². The third-order valence-electron chi connectivity index (χ3n) is 2.13. The van der Waals surface area contributed by atoms with Crippen molar-refractivity contribution in [1.29, 1.82) is 0 Å². The molecule has 2 heteroatoms. The maximum Gasteiger partial charge on any atom is 0.150 e. The number of hydrogen-bond donors (Lipinski definition) is 0. The number of aldehydes is 1. The van der Waals surface area contributed by atoms with Crippen LogP contribution in [0.25, 0.3) is 0 Å². The van der Waals surface area contributed by atoms with Crippen LogP contribution < -0.4 is 0 Å². The van der Waals surface area contributed by atoms with Gasteiger partial charge >= 0.3 is 0 Å². The maximum absolute atomic E-state index is 10.5. The molecule has 1 fully saturated rings. The Bertz CT molecular complexity index is 248. The topological polar surface area (TPSA) is 26.3 Å². The van der Waals surface area contributed by atoms with Crippen LogP contribution in [0.2, 0.25) is 0 Å². The van der Waals surface area contributed by atoms with E-state index in [0.717, 1.165) is 43.5 Å². The van der Waals surface area contributed by atoms with Crippen molar-refractivity contribution in [3.63, 3.8) is 0 Å². The SMILES string of the molecule is O=CC1=C2OCCCC2=CC1. The first-order valence-electron chi connectivity index (χ1n) is 3.92. The first kappa shape index (κ1) is 6.65. The molecule has 0 atom stereocenters. The van der Waals surface area contributed by atoms with E-state index >= 15 is 0 Å². The fourth-order valence-electron chi connectivity index (χ4n) is 1.56. The van der Waals surface area contributed by atoms with E-state index in [9.17, 15) is 4.79 Å². The molecule has 1 aliphatic carbocycles. The third-order valence-corrected chi connectivity index (χ3v) is 2.13. The third kappa shape index (κ3) is 0.985. The van der Waals surface area contributed by atoms with Crippen molar-refractivity contribution in [2.75, 3.05) is 6.61 Å². The molecule has 2 rings (SSSR count). The van der Waals surface area contributed by atoms with Gasteiger partial charge in [-0.15, -0.1) is 0 Å². The Labute approximate surface area is 65.5 Å². The van der Waals surface area contributed by atoms with Gasteiger partial charge in [0.15, 0.2) is 0 Å². The largest absolute Gasteiger partial charge is 0.493 e. The molecule has 0 saturated carbocycles. The Kier molecular flexibility index (Phi) is 1.53. The molecule has 58 valence electrons. The van der Waals surface area contributed by atoms with E-state index in [-0.39, 0.29) is 0 Å². The number of fused-ring (bicyclic) bond motifs is 1. The van der Waals surface area contributed by atoms with Crippen LogP contribution in [-0.4, -0.2) is 12.9 Å². The molecule has 0 amide bonds. The van der Waals surface area contributed by atoms with E-state index < -0.39 is 0 Å². The maximum atomic E-state index is 10.5. The summed E-state index contributed by atoms with van der Waals surface area (Å²) < 4.78 is 5.39. The quantitative estimate of drug-likeness (QED) is 0.530. The molecular weight excluding hydrogens is 140 g/mol. The highest BCUT2D eigenvalue weighted by Gasteiger charge is 2.21. The minimum absolute atomic E-state index is 0.768. The molecule has 1 heterocycles. The van der Waals surface area contributed by atoms with Crippen molar-refractivity contribution in [3.8, 4) is 0 Å². The van der Waals surface area contributed by atoms with Crippen molar-refractivity contribution in [2.45, 2.75) is 19.3 Å². The molecule has 0 spiro atoms. The van der Waals surface area contributed by atoms with E-state index in [1.165, 1.54) is 5.57 Å². The second-order valence-electron chi connectivity index (χ2n) is 2.86. The smallest absolute Gasteiger partial charge is 0.150 e. The number of carbonyl (C=O) groups is 1. The average Bonchev–Trinajstić information content (AvgIpc) is 2.47. The molecule has 0 bridgehead atoms. The summed E-state index contributed by atoms with van der Waals surface area (Å²) in [6, 6.07) is 0. The van der Waals surface area contributed by atoms with Crippen LogP contribution >= 0.6 is 0 Å². The van der Waals surface area contributed by atoms with Crippen LogP contribution in [0.4, 0.5) is 0 Å². The van der Waals surface area contributed by atoms with Gasteiger partial charge in [-0.1, -0.05) is 6.08 Å². The molecule has 0 aromatic heterocycles. The summed E-state index contributed by atoms with van der Waals surface area (Å²) >= 11 is 0. The lowest BCUT2D eigenvalue weighted by molar-refractivity contribution is -0.105. The molecule has 0 radical (unpaired) electrons. The number of ether oxygens (including phenoxy) is 1. The minimum atomic E-state index is 0.768. The van der Waals surface area contributed by atoms with Crippen LogP contribution in [0.1, 0.15) is 19.3 Å². The summed E-state index contributed by atoms with van der Waals surface area (Å²) in [4.78, 5) is 10.5. The van der Waals surface area contributed by atoms with Crippen molar-refractivity contribution in [3.05, 3.63) is 23.0 Å². The van der Waals surface area contributed by atoms with Gasteiger partial charge in [-0.3, -0.25) is 4.79 Å². The molecule has 0 unspecified atom stereocenters. The number of rotatable bonds is 1. The fraction of sp³-hybridized carbons (Fsp3) is 0.444. The van der Waals surface area contributed by atoms with Gasteiger partial charge in [0.25, 0.3) is 0 Å². The predicted molar refractivity (Wildman–Crippen MR) is 41.0 cm³/mol. The first-order valence-corrected chi connectivity index (χ1v) is 3.92. The van der Waals surface area contributed by atoms with Gasteiger partial charge in [0.1, 0.15) is 12.0 Å². The molecule has 0 N–H and O–H groups in total. The number of hydrogen-bond acceptors (Lipinski definition) is 2. The number of allylic oxidation sites excluding steroid dienone is 3. The van der Waals surface area contributed by atoms with Crippen molar-refractivity contribution in [2.24, 2.45) is 0 Å². The molecule has 0 aromatic rings. The zero-order valence-corrected chi connectivity index (χ0v) is 6.30. The van der Waals surface area contributed by atoms with Gasteiger partial charge in [0.05, 0.1) is 6.61 Å². The lowest BCUT2D eigenvalue weighted by Crippen LogP contribution is -2.05. The van der Waals surface area contributed by atoms with E-state index in [1.54, 1.807) is 0 Å². The van der Waals surface area contributed by atoms with E-state index in [4.69, 9.17) is 4.74 Å². The monoisotopic (exact) mass is 150 g/mol. The predicted octanol–water partition coefficient (Wildman–Crippen LogP) is 1.58. The molecule has 1 aliphatic heterocycles. The van der Waals surface area contributed by atoms with Crippen LogP contribution in [0.15, 0.2) is 23.0 Å². The molecule has 0 aromatic carbocycles. The molecular formula is C9H10O2. The molecule has 1 saturated heterocycles. The Balaban J connectivity index is 2.31. The molecule has 2 aliphatic rings. The summed E-state index contributed by atoms with van der Waals surface area (Å²) in [6.07, 6.45) is 5.94. The van der Waals surface area contributed by atoms with E-state index in [1.807, 2.05) is 0 Å². The zero-order valence-electron chi connectivity index (χ0n) is 6.30. The van der Waals surface area contributed by atoms with Crippen molar-refractivity contribution >= 4 is 6.29 Å². The molecule has 2 nitrogen and oxygen atoms in total. The highest BCUT2D eigenvalue weighted by atomic mass is 16.5. The Morgan fingerprint density at radius 2 is 2.45 bits per heavy atom.